The van der Waals surface area contributed by atoms with Gasteiger partial charge in [-0.1, -0.05) is 42.3 Å². The van der Waals surface area contributed by atoms with Gasteiger partial charge in [-0.15, -0.1) is 0 Å². The molecule has 1 aliphatic carbocycles. The van der Waals surface area contributed by atoms with Crippen molar-refractivity contribution in [1.82, 2.24) is 0 Å². The number of hydrogen-bond acceptors (Lipinski definition) is 0. The van der Waals surface area contributed by atoms with Gasteiger partial charge in [-0.2, -0.15) is 13.2 Å². The summed E-state index contributed by atoms with van der Waals surface area (Å²) < 4.78 is 37.0. The molecule has 0 N–H and O–H groups in total. The fourth-order valence-electron chi connectivity index (χ4n) is 3.36. The van der Waals surface area contributed by atoms with Gasteiger partial charge in [-0.3, -0.25) is 0 Å². The second-order valence-corrected chi connectivity index (χ2v) is 7.42. The largest absolute Gasteiger partial charge is 0.409 e. The topological polar surface area (TPSA) is 0 Å². The predicted octanol–water partition coefficient (Wildman–Crippen LogP) is 8.20. The molecule has 2 rings (SSSR count). The molecule has 138 valence electrons. The Hall–Kier alpha value is -0.930. The third kappa shape index (κ3) is 6.38. The molecule has 0 aliphatic heterocycles. The Labute approximate surface area is 157 Å². The van der Waals surface area contributed by atoms with Gasteiger partial charge in [0.15, 0.2) is 0 Å². The molecule has 1 saturated carbocycles. The van der Waals surface area contributed by atoms with E-state index in [2.05, 4.69) is 19.1 Å². The molecule has 1 aromatic carbocycles. The lowest BCUT2D eigenvalue weighted by atomic mass is 9.77. The maximum atomic E-state index is 12.3. The van der Waals surface area contributed by atoms with E-state index in [-0.39, 0.29) is 21.7 Å². The summed E-state index contributed by atoms with van der Waals surface area (Å²) in [6.45, 7) is 2.13. The van der Waals surface area contributed by atoms with Crippen LogP contribution in [0.1, 0.15) is 62.5 Å². The van der Waals surface area contributed by atoms with Gasteiger partial charge in [0, 0.05) is 21.7 Å². The number of allylic oxidation sites excluding steroid dienone is 3. The van der Waals surface area contributed by atoms with E-state index < -0.39 is 6.18 Å². The van der Waals surface area contributed by atoms with Crippen LogP contribution in [0.25, 0.3) is 6.08 Å². The van der Waals surface area contributed by atoms with Crippen molar-refractivity contribution in [3.8, 4) is 0 Å². The van der Waals surface area contributed by atoms with Gasteiger partial charge in [0.25, 0.3) is 0 Å². The summed E-state index contributed by atoms with van der Waals surface area (Å²) in [5.41, 5.74) is 1.25. The van der Waals surface area contributed by atoms with E-state index in [1.54, 1.807) is 12.1 Å². The SMILES string of the molecule is CCC=CCC1CCC(c2cc(Cl)c(C=CC(F)(F)F)c(Cl)c2)CC1. The normalized spacial score (nSPS) is 22.2. The summed E-state index contributed by atoms with van der Waals surface area (Å²) in [7, 11) is 0. The van der Waals surface area contributed by atoms with Crippen LogP contribution in [0.15, 0.2) is 30.4 Å². The van der Waals surface area contributed by atoms with Crippen LogP contribution in [0.4, 0.5) is 13.2 Å². The maximum absolute atomic E-state index is 12.3. The molecule has 0 heterocycles. The summed E-state index contributed by atoms with van der Waals surface area (Å²) in [6, 6.07) is 3.54. The van der Waals surface area contributed by atoms with E-state index >= 15 is 0 Å². The zero-order chi connectivity index (χ0) is 18.4. The fourth-order valence-corrected chi connectivity index (χ4v) is 3.99. The van der Waals surface area contributed by atoms with Crippen molar-refractivity contribution >= 4 is 29.3 Å². The van der Waals surface area contributed by atoms with E-state index in [9.17, 15) is 13.2 Å². The molecule has 0 unspecified atom stereocenters. The lowest BCUT2D eigenvalue weighted by Gasteiger charge is -2.28. The summed E-state index contributed by atoms with van der Waals surface area (Å²) in [5.74, 6) is 1.10. The molecule has 1 fully saturated rings. The van der Waals surface area contributed by atoms with Crippen molar-refractivity contribution < 1.29 is 13.2 Å². The summed E-state index contributed by atoms with van der Waals surface area (Å²) in [5, 5.41) is 0.548. The lowest BCUT2D eigenvalue weighted by Crippen LogP contribution is -2.13. The maximum Gasteiger partial charge on any atom is 0.409 e. The highest BCUT2D eigenvalue weighted by atomic mass is 35.5. The standard InChI is InChI=1S/C20H23Cl2F3/c1-2-3-4-5-14-6-8-15(9-7-14)16-12-18(21)17(19(22)13-16)10-11-20(23,24)25/h3-4,10-15H,2,5-9H2,1H3. The zero-order valence-electron chi connectivity index (χ0n) is 14.3. The zero-order valence-corrected chi connectivity index (χ0v) is 15.8. The van der Waals surface area contributed by atoms with Crippen molar-refractivity contribution in [3.63, 3.8) is 0 Å². The third-order valence-electron chi connectivity index (χ3n) is 4.73. The third-order valence-corrected chi connectivity index (χ3v) is 5.36. The molecule has 0 radical (unpaired) electrons. The molecule has 0 amide bonds. The van der Waals surface area contributed by atoms with Gasteiger partial charge in [0.2, 0.25) is 0 Å². The number of alkyl halides is 3. The van der Waals surface area contributed by atoms with Crippen LogP contribution in [0.2, 0.25) is 10.0 Å². The Morgan fingerprint density at radius 3 is 2.16 bits per heavy atom. The number of rotatable bonds is 5. The number of benzene rings is 1. The van der Waals surface area contributed by atoms with E-state index in [1.165, 1.54) is 0 Å². The molecule has 0 aromatic heterocycles. The van der Waals surface area contributed by atoms with Crippen molar-refractivity contribution in [2.24, 2.45) is 5.92 Å². The first-order chi connectivity index (χ1) is 11.8. The van der Waals surface area contributed by atoms with Crippen LogP contribution in [0, 0.1) is 5.92 Å². The Bertz CT molecular complexity index is 601. The summed E-state index contributed by atoms with van der Waals surface area (Å²) >= 11 is 12.4. The highest BCUT2D eigenvalue weighted by molar-refractivity contribution is 6.37. The minimum absolute atomic E-state index is 0.162. The number of halogens is 5. The average molecular weight is 391 g/mol. The molecule has 1 aliphatic rings. The van der Waals surface area contributed by atoms with Gasteiger partial charge in [-0.05, 0) is 74.1 Å². The second-order valence-electron chi connectivity index (χ2n) is 6.61. The summed E-state index contributed by atoms with van der Waals surface area (Å²) in [4.78, 5) is 0. The molecule has 5 heteroatoms. The Balaban J connectivity index is 2.04. The quantitative estimate of drug-likeness (QED) is 0.444. The average Bonchev–Trinajstić information content (AvgIpc) is 2.54. The van der Waals surface area contributed by atoms with Gasteiger partial charge >= 0.3 is 6.18 Å². The predicted molar refractivity (Wildman–Crippen MR) is 100 cm³/mol. The van der Waals surface area contributed by atoms with Gasteiger partial charge in [-0.25, -0.2) is 0 Å². The molecular formula is C20H23Cl2F3. The van der Waals surface area contributed by atoms with Crippen LogP contribution < -0.4 is 0 Å². The smallest absolute Gasteiger partial charge is 0.167 e. The Morgan fingerprint density at radius 1 is 1.04 bits per heavy atom. The second kappa shape index (κ2) is 9.14. The van der Waals surface area contributed by atoms with Crippen LogP contribution in [0.3, 0.4) is 0 Å². The van der Waals surface area contributed by atoms with Crippen LogP contribution >= 0.6 is 23.2 Å². The van der Waals surface area contributed by atoms with Gasteiger partial charge < -0.3 is 0 Å². The van der Waals surface area contributed by atoms with Crippen LogP contribution in [-0.4, -0.2) is 6.18 Å². The van der Waals surface area contributed by atoms with Crippen molar-refractivity contribution in [1.29, 1.82) is 0 Å². The highest BCUT2D eigenvalue weighted by Gasteiger charge is 2.24. The molecule has 0 spiro atoms. The fraction of sp³-hybridized carbons (Fsp3) is 0.500. The first-order valence-electron chi connectivity index (χ1n) is 8.70. The Kier molecular flexibility index (Phi) is 7.45. The monoisotopic (exact) mass is 390 g/mol. The van der Waals surface area contributed by atoms with E-state index in [0.717, 1.165) is 56.1 Å². The summed E-state index contributed by atoms with van der Waals surface area (Å²) in [6.07, 6.45) is 7.83. The van der Waals surface area contributed by atoms with Gasteiger partial charge in [0.1, 0.15) is 0 Å². The molecule has 0 atom stereocenters. The molecule has 0 bridgehead atoms. The Morgan fingerprint density at radius 2 is 1.64 bits per heavy atom. The molecule has 0 nitrogen and oxygen atoms in total. The van der Waals surface area contributed by atoms with Gasteiger partial charge in [0.05, 0.1) is 0 Å². The molecule has 1 aromatic rings. The van der Waals surface area contributed by atoms with Crippen LogP contribution in [0.5, 0.6) is 0 Å². The van der Waals surface area contributed by atoms with Crippen molar-refractivity contribution in [2.45, 2.75) is 57.5 Å². The lowest BCUT2D eigenvalue weighted by molar-refractivity contribution is -0.0790. The van der Waals surface area contributed by atoms with Crippen molar-refractivity contribution in [2.75, 3.05) is 0 Å². The number of hydrogen-bond donors (Lipinski definition) is 0. The van der Waals surface area contributed by atoms with E-state index in [1.807, 2.05) is 0 Å². The van der Waals surface area contributed by atoms with Crippen LogP contribution in [-0.2, 0) is 0 Å². The van der Waals surface area contributed by atoms with E-state index in [4.69, 9.17) is 23.2 Å². The molecule has 25 heavy (non-hydrogen) atoms. The molecular weight excluding hydrogens is 368 g/mol. The minimum atomic E-state index is -4.38. The minimum Gasteiger partial charge on any atom is -0.167 e. The first-order valence-corrected chi connectivity index (χ1v) is 9.45. The first kappa shape index (κ1) is 20.4. The van der Waals surface area contributed by atoms with Crippen molar-refractivity contribution in [3.05, 3.63) is 51.5 Å². The van der Waals surface area contributed by atoms with E-state index in [0.29, 0.717) is 5.92 Å². The highest BCUT2D eigenvalue weighted by Crippen LogP contribution is 2.40. The molecule has 0 saturated heterocycles.